The maximum atomic E-state index is 13.3. The van der Waals surface area contributed by atoms with Gasteiger partial charge in [-0.25, -0.2) is 9.78 Å². The lowest BCUT2D eigenvalue weighted by Gasteiger charge is -2.15. The molecule has 2 heterocycles. The first kappa shape index (κ1) is 26.2. The van der Waals surface area contributed by atoms with E-state index in [1.54, 1.807) is 31.2 Å². The zero-order valence-electron chi connectivity index (χ0n) is 21.5. The third-order valence-electron chi connectivity index (χ3n) is 6.61. The Hall–Kier alpha value is -5.37. The molecule has 0 saturated carbocycles. The van der Waals surface area contributed by atoms with Crippen molar-refractivity contribution < 1.29 is 19.5 Å². The Balaban J connectivity index is 1.38. The van der Waals surface area contributed by atoms with Gasteiger partial charge in [-0.1, -0.05) is 66.7 Å². The van der Waals surface area contributed by atoms with Crippen molar-refractivity contribution in [1.82, 2.24) is 15.3 Å². The summed E-state index contributed by atoms with van der Waals surface area (Å²) in [6.45, 7) is 1.61. The SMILES string of the molecule is C[C@H](NC(=O)c1cc(-c2ccccc2)nc(-c2ccccc2)c1)C(=O)Cc1ccc2[nH]cc(C(=O)O)c(=O)c2c1. The van der Waals surface area contributed by atoms with Crippen LogP contribution in [0.4, 0.5) is 0 Å². The van der Waals surface area contributed by atoms with Gasteiger partial charge < -0.3 is 15.4 Å². The molecule has 1 atom stereocenters. The van der Waals surface area contributed by atoms with Crippen molar-refractivity contribution in [3.63, 3.8) is 0 Å². The van der Waals surface area contributed by atoms with Crippen LogP contribution in [0.25, 0.3) is 33.4 Å². The molecule has 0 fully saturated rings. The van der Waals surface area contributed by atoms with E-state index in [4.69, 9.17) is 4.98 Å². The summed E-state index contributed by atoms with van der Waals surface area (Å²) in [7, 11) is 0. The third-order valence-corrected chi connectivity index (χ3v) is 6.61. The molecule has 8 nitrogen and oxygen atoms in total. The molecule has 0 aliphatic heterocycles. The number of aromatic carboxylic acids is 1. The molecule has 3 N–H and O–H groups in total. The highest BCUT2D eigenvalue weighted by Crippen LogP contribution is 2.25. The first-order chi connectivity index (χ1) is 19.3. The Morgan fingerprint density at radius 3 is 2.05 bits per heavy atom. The molecule has 0 aliphatic carbocycles. The number of aromatic amines is 1. The number of benzene rings is 3. The second kappa shape index (κ2) is 11.2. The maximum absolute atomic E-state index is 13.3. The topological polar surface area (TPSA) is 129 Å². The highest BCUT2D eigenvalue weighted by molar-refractivity contribution is 6.00. The van der Waals surface area contributed by atoms with E-state index in [9.17, 15) is 24.3 Å². The molecule has 0 aliphatic rings. The number of ketones is 1. The number of Topliss-reactive ketones (excluding diaryl/α,β-unsaturated/α-hetero) is 1. The number of carboxylic acid groups (broad SMARTS) is 1. The number of carbonyl (C=O) groups excluding carboxylic acids is 2. The molecule has 8 heteroatoms. The number of nitrogens with one attached hydrogen (secondary N) is 2. The Morgan fingerprint density at radius 2 is 1.48 bits per heavy atom. The number of fused-ring (bicyclic) bond motifs is 1. The smallest absolute Gasteiger partial charge is 0.341 e. The molecule has 198 valence electrons. The minimum atomic E-state index is -1.33. The Bertz CT molecular complexity index is 1740. The summed E-state index contributed by atoms with van der Waals surface area (Å²) in [6, 6.07) is 26.5. The molecule has 0 unspecified atom stereocenters. The minimum Gasteiger partial charge on any atom is -0.477 e. The van der Waals surface area contributed by atoms with Crippen molar-refractivity contribution in [2.24, 2.45) is 0 Å². The fraction of sp³-hybridized carbons (Fsp3) is 0.0938. The first-order valence-electron chi connectivity index (χ1n) is 12.6. The van der Waals surface area contributed by atoms with Gasteiger partial charge in [0.25, 0.3) is 5.91 Å². The van der Waals surface area contributed by atoms with Crippen LogP contribution in [0.15, 0.2) is 102 Å². The van der Waals surface area contributed by atoms with Gasteiger partial charge in [0.1, 0.15) is 5.56 Å². The van der Waals surface area contributed by atoms with E-state index in [2.05, 4.69) is 10.3 Å². The Kier molecular flexibility index (Phi) is 7.33. The lowest BCUT2D eigenvalue weighted by atomic mass is 10.0. The number of rotatable bonds is 8. The Labute approximate surface area is 229 Å². The van der Waals surface area contributed by atoms with Crippen molar-refractivity contribution in [3.05, 3.63) is 124 Å². The van der Waals surface area contributed by atoms with Gasteiger partial charge >= 0.3 is 5.97 Å². The van der Waals surface area contributed by atoms with Gasteiger partial charge in [-0.2, -0.15) is 0 Å². The van der Waals surface area contributed by atoms with Gasteiger partial charge in [0.2, 0.25) is 5.43 Å². The normalized spacial score (nSPS) is 11.6. The summed E-state index contributed by atoms with van der Waals surface area (Å²) >= 11 is 0. The quantitative estimate of drug-likeness (QED) is 0.262. The lowest BCUT2D eigenvalue weighted by molar-refractivity contribution is -0.119. The molecule has 0 radical (unpaired) electrons. The van der Waals surface area contributed by atoms with Crippen molar-refractivity contribution >= 4 is 28.6 Å². The monoisotopic (exact) mass is 531 g/mol. The number of carboxylic acids is 1. The summed E-state index contributed by atoms with van der Waals surface area (Å²) in [5.41, 5.74) is 3.34. The molecule has 0 bridgehead atoms. The van der Waals surface area contributed by atoms with Gasteiger partial charge in [0.15, 0.2) is 5.78 Å². The van der Waals surface area contributed by atoms with Crippen LogP contribution in [-0.2, 0) is 11.2 Å². The summed E-state index contributed by atoms with van der Waals surface area (Å²) in [5.74, 6) is -2.01. The van der Waals surface area contributed by atoms with Crippen molar-refractivity contribution in [1.29, 1.82) is 0 Å². The number of aromatic nitrogens is 2. The second-order valence-corrected chi connectivity index (χ2v) is 9.41. The third kappa shape index (κ3) is 5.56. The van der Waals surface area contributed by atoms with Gasteiger partial charge in [-0.3, -0.25) is 14.4 Å². The van der Waals surface area contributed by atoms with E-state index < -0.39 is 23.3 Å². The van der Waals surface area contributed by atoms with E-state index in [0.29, 0.717) is 28.0 Å². The highest BCUT2D eigenvalue weighted by Gasteiger charge is 2.20. The number of nitrogens with zero attached hydrogens (tertiary/aromatic N) is 1. The molecule has 1 amide bonds. The van der Waals surface area contributed by atoms with Crippen LogP contribution >= 0.6 is 0 Å². The second-order valence-electron chi connectivity index (χ2n) is 9.41. The van der Waals surface area contributed by atoms with Crippen LogP contribution in [0.2, 0.25) is 0 Å². The molecule has 5 aromatic rings. The molecule has 3 aromatic carbocycles. The van der Waals surface area contributed by atoms with E-state index in [-0.39, 0.29) is 23.2 Å². The van der Waals surface area contributed by atoms with E-state index in [1.807, 2.05) is 60.7 Å². The van der Waals surface area contributed by atoms with Gasteiger partial charge in [-0.05, 0) is 36.8 Å². The minimum absolute atomic E-state index is 0.0466. The fourth-order valence-corrected chi connectivity index (χ4v) is 4.42. The first-order valence-corrected chi connectivity index (χ1v) is 12.6. The molecule has 40 heavy (non-hydrogen) atoms. The van der Waals surface area contributed by atoms with Crippen molar-refractivity contribution in [2.75, 3.05) is 0 Å². The zero-order chi connectivity index (χ0) is 28.2. The standard InChI is InChI=1S/C32H25N3O5/c1-19(29(36)15-20-12-13-26-24(14-20)30(37)25(18-33-26)32(39)40)34-31(38)23-16-27(21-8-4-2-5-9-21)35-28(17-23)22-10-6-3-7-11-22/h2-14,16-19H,15H2,1H3,(H,33,37)(H,34,38)(H,39,40)/t19-/m0/s1. The predicted molar refractivity (Wildman–Crippen MR) is 152 cm³/mol. The van der Waals surface area contributed by atoms with Gasteiger partial charge in [0, 0.05) is 40.2 Å². The number of H-pyrrole nitrogens is 1. The van der Waals surface area contributed by atoms with Crippen LogP contribution in [0.5, 0.6) is 0 Å². The van der Waals surface area contributed by atoms with E-state index >= 15 is 0 Å². The molecule has 2 aromatic heterocycles. The van der Waals surface area contributed by atoms with Crippen LogP contribution in [0.3, 0.4) is 0 Å². The highest BCUT2D eigenvalue weighted by atomic mass is 16.4. The number of hydrogen-bond donors (Lipinski definition) is 3. The van der Waals surface area contributed by atoms with Crippen LogP contribution in [0, 0.1) is 0 Å². The van der Waals surface area contributed by atoms with E-state index in [1.165, 1.54) is 6.07 Å². The summed E-state index contributed by atoms with van der Waals surface area (Å²) in [6.07, 6.45) is 1.11. The number of carbonyl (C=O) groups is 3. The van der Waals surface area contributed by atoms with Crippen molar-refractivity contribution in [3.8, 4) is 22.5 Å². The molecular weight excluding hydrogens is 506 g/mol. The summed E-state index contributed by atoms with van der Waals surface area (Å²) < 4.78 is 0. The largest absolute Gasteiger partial charge is 0.477 e. The van der Waals surface area contributed by atoms with Crippen LogP contribution in [-0.4, -0.2) is 38.8 Å². The Morgan fingerprint density at radius 1 is 0.875 bits per heavy atom. The molecule has 0 spiro atoms. The van der Waals surface area contributed by atoms with Crippen molar-refractivity contribution in [2.45, 2.75) is 19.4 Å². The van der Waals surface area contributed by atoms with E-state index in [0.717, 1.165) is 17.3 Å². The zero-order valence-corrected chi connectivity index (χ0v) is 21.5. The average Bonchev–Trinajstić information content (AvgIpc) is 2.98. The lowest BCUT2D eigenvalue weighted by Crippen LogP contribution is -2.39. The fourth-order valence-electron chi connectivity index (χ4n) is 4.42. The number of pyridine rings is 2. The summed E-state index contributed by atoms with van der Waals surface area (Å²) in [5, 5.41) is 12.2. The summed E-state index contributed by atoms with van der Waals surface area (Å²) in [4.78, 5) is 57.8. The maximum Gasteiger partial charge on any atom is 0.341 e. The van der Waals surface area contributed by atoms with Crippen LogP contribution in [0.1, 0.15) is 33.2 Å². The number of hydrogen-bond acceptors (Lipinski definition) is 5. The predicted octanol–water partition coefficient (Wildman–Crippen LogP) is 4.89. The molecule has 5 rings (SSSR count). The number of amides is 1. The van der Waals surface area contributed by atoms with Gasteiger partial charge in [-0.15, -0.1) is 0 Å². The van der Waals surface area contributed by atoms with Crippen LogP contribution < -0.4 is 10.7 Å². The van der Waals surface area contributed by atoms with Gasteiger partial charge in [0.05, 0.1) is 17.4 Å². The average molecular weight is 532 g/mol. The molecule has 0 saturated heterocycles. The molecular formula is C32H25N3O5.